The number of nitrogens with one attached hydrogen (secondary N) is 1. The summed E-state index contributed by atoms with van der Waals surface area (Å²) in [5.41, 5.74) is 5.93. The first-order valence-electron chi connectivity index (χ1n) is 7.02. The fourth-order valence-corrected chi connectivity index (χ4v) is 4.12. The summed E-state index contributed by atoms with van der Waals surface area (Å²) in [5, 5.41) is 0. The molecule has 1 fully saturated rings. The van der Waals surface area contributed by atoms with Gasteiger partial charge in [0.2, 0.25) is 0 Å². The molecule has 0 aliphatic carbocycles. The molecule has 20 heavy (non-hydrogen) atoms. The van der Waals surface area contributed by atoms with Crippen molar-refractivity contribution in [1.29, 1.82) is 0 Å². The molecule has 1 aromatic carbocycles. The first-order chi connectivity index (χ1) is 9.48. The topological polar surface area (TPSA) is 75.4 Å². The van der Waals surface area contributed by atoms with Gasteiger partial charge in [-0.25, -0.2) is 0 Å². The summed E-state index contributed by atoms with van der Waals surface area (Å²) >= 11 is 0. The van der Waals surface area contributed by atoms with E-state index in [0.29, 0.717) is 13.1 Å². The van der Waals surface area contributed by atoms with E-state index in [0.717, 1.165) is 24.8 Å². The van der Waals surface area contributed by atoms with Crippen LogP contribution in [-0.2, 0) is 15.7 Å². The number of rotatable bonds is 5. The van der Waals surface area contributed by atoms with Crippen LogP contribution in [0.1, 0.15) is 31.7 Å². The SMILES string of the molecule is CC(CN)(NS(=O)(=O)N1CCCCC1)c1ccccc1. The molecule has 2 rings (SSSR count). The smallest absolute Gasteiger partial charge is 0.280 e. The van der Waals surface area contributed by atoms with Crippen molar-refractivity contribution in [2.24, 2.45) is 5.73 Å². The predicted molar refractivity (Wildman–Crippen MR) is 80.3 cm³/mol. The Morgan fingerprint density at radius 2 is 1.80 bits per heavy atom. The molecule has 1 saturated heterocycles. The number of hydrogen-bond acceptors (Lipinski definition) is 3. The first-order valence-corrected chi connectivity index (χ1v) is 8.47. The van der Waals surface area contributed by atoms with Crippen LogP contribution in [0.3, 0.4) is 0 Å². The van der Waals surface area contributed by atoms with Crippen LogP contribution in [-0.4, -0.2) is 32.4 Å². The van der Waals surface area contributed by atoms with Crippen molar-refractivity contribution in [3.8, 4) is 0 Å². The van der Waals surface area contributed by atoms with Crippen molar-refractivity contribution in [3.63, 3.8) is 0 Å². The molecule has 1 heterocycles. The number of nitrogens with two attached hydrogens (primary N) is 1. The monoisotopic (exact) mass is 297 g/mol. The Kier molecular flexibility index (Phi) is 4.80. The van der Waals surface area contributed by atoms with E-state index in [1.165, 1.54) is 4.31 Å². The Bertz CT molecular complexity index is 527. The molecule has 0 bridgehead atoms. The third-order valence-electron chi connectivity index (χ3n) is 3.83. The molecule has 6 heteroatoms. The van der Waals surface area contributed by atoms with Crippen LogP contribution in [0.2, 0.25) is 0 Å². The molecule has 1 atom stereocenters. The molecule has 5 nitrogen and oxygen atoms in total. The van der Waals surface area contributed by atoms with Gasteiger partial charge in [0.15, 0.2) is 0 Å². The number of hydrogen-bond donors (Lipinski definition) is 2. The summed E-state index contributed by atoms with van der Waals surface area (Å²) in [6, 6.07) is 9.47. The van der Waals surface area contributed by atoms with Gasteiger partial charge in [-0.05, 0) is 25.3 Å². The van der Waals surface area contributed by atoms with E-state index in [-0.39, 0.29) is 6.54 Å². The summed E-state index contributed by atoms with van der Waals surface area (Å²) in [4.78, 5) is 0. The van der Waals surface area contributed by atoms with Gasteiger partial charge in [-0.2, -0.15) is 17.4 Å². The molecule has 1 aromatic rings. The molecule has 0 radical (unpaired) electrons. The Hall–Kier alpha value is -0.950. The van der Waals surface area contributed by atoms with Gasteiger partial charge in [0.05, 0.1) is 5.54 Å². The van der Waals surface area contributed by atoms with Gasteiger partial charge in [0.25, 0.3) is 10.2 Å². The van der Waals surface area contributed by atoms with E-state index in [1.807, 2.05) is 37.3 Å². The Morgan fingerprint density at radius 3 is 2.35 bits per heavy atom. The van der Waals surface area contributed by atoms with Crippen molar-refractivity contribution in [2.75, 3.05) is 19.6 Å². The third kappa shape index (κ3) is 3.38. The Morgan fingerprint density at radius 1 is 1.20 bits per heavy atom. The van der Waals surface area contributed by atoms with Crippen molar-refractivity contribution in [1.82, 2.24) is 9.03 Å². The lowest BCUT2D eigenvalue weighted by molar-refractivity contribution is 0.327. The van der Waals surface area contributed by atoms with Crippen molar-refractivity contribution >= 4 is 10.2 Å². The molecule has 0 spiro atoms. The second-order valence-corrected chi connectivity index (χ2v) is 7.14. The highest BCUT2D eigenvalue weighted by Gasteiger charge is 2.34. The van der Waals surface area contributed by atoms with Crippen LogP contribution in [0, 0.1) is 0 Å². The third-order valence-corrected chi connectivity index (χ3v) is 5.58. The van der Waals surface area contributed by atoms with Gasteiger partial charge in [0.1, 0.15) is 0 Å². The minimum atomic E-state index is -3.50. The Balaban J connectivity index is 2.20. The molecule has 1 aliphatic rings. The lowest BCUT2D eigenvalue weighted by Crippen LogP contribution is -2.54. The fourth-order valence-electron chi connectivity index (χ4n) is 2.48. The maximum absolute atomic E-state index is 12.5. The van der Waals surface area contributed by atoms with Crippen LogP contribution in [0.5, 0.6) is 0 Å². The summed E-state index contributed by atoms with van der Waals surface area (Å²) < 4.78 is 29.3. The van der Waals surface area contributed by atoms with Gasteiger partial charge in [-0.3, -0.25) is 0 Å². The zero-order chi connectivity index (χ0) is 14.6. The maximum atomic E-state index is 12.5. The van der Waals surface area contributed by atoms with Gasteiger partial charge in [0, 0.05) is 19.6 Å². The molecule has 0 saturated carbocycles. The van der Waals surface area contributed by atoms with Gasteiger partial charge in [-0.15, -0.1) is 0 Å². The highest BCUT2D eigenvalue weighted by molar-refractivity contribution is 7.87. The van der Waals surface area contributed by atoms with Crippen LogP contribution >= 0.6 is 0 Å². The van der Waals surface area contributed by atoms with Crippen molar-refractivity contribution in [2.45, 2.75) is 31.7 Å². The average Bonchev–Trinajstić information content (AvgIpc) is 2.48. The summed E-state index contributed by atoms with van der Waals surface area (Å²) in [6.07, 6.45) is 2.94. The fraction of sp³-hybridized carbons (Fsp3) is 0.571. The van der Waals surface area contributed by atoms with Crippen molar-refractivity contribution in [3.05, 3.63) is 35.9 Å². The lowest BCUT2D eigenvalue weighted by Gasteiger charge is -2.34. The molecular weight excluding hydrogens is 274 g/mol. The summed E-state index contributed by atoms with van der Waals surface area (Å²) in [7, 11) is -3.50. The second-order valence-electron chi connectivity index (χ2n) is 5.47. The van der Waals surface area contributed by atoms with Gasteiger partial charge in [-0.1, -0.05) is 36.8 Å². The minimum absolute atomic E-state index is 0.212. The lowest BCUT2D eigenvalue weighted by atomic mass is 9.94. The first kappa shape index (κ1) is 15.4. The number of piperidine rings is 1. The molecule has 112 valence electrons. The summed E-state index contributed by atoms with van der Waals surface area (Å²) in [6.45, 7) is 3.21. The standard InChI is InChI=1S/C14H23N3O2S/c1-14(12-15,13-8-4-2-5-9-13)16-20(18,19)17-10-6-3-7-11-17/h2,4-5,8-9,16H,3,6-7,10-12,15H2,1H3. The molecule has 1 unspecified atom stereocenters. The molecule has 0 amide bonds. The molecule has 0 aromatic heterocycles. The zero-order valence-corrected chi connectivity index (χ0v) is 12.7. The zero-order valence-electron chi connectivity index (χ0n) is 11.9. The van der Waals surface area contributed by atoms with Crippen LogP contribution in [0.15, 0.2) is 30.3 Å². The van der Waals surface area contributed by atoms with E-state index in [1.54, 1.807) is 0 Å². The van der Waals surface area contributed by atoms with Crippen LogP contribution in [0.25, 0.3) is 0 Å². The predicted octanol–water partition coefficient (Wildman–Crippen LogP) is 1.18. The van der Waals surface area contributed by atoms with Crippen molar-refractivity contribution < 1.29 is 8.42 Å². The molecular formula is C14H23N3O2S. The quantitative estimate of drug-likeness (QED) is 0.857. The highest BCUT2D eigenvalue weighted by atomic mass is 32.2. The van der Waals surface area contributed by atoms with E-state index in [9.17, 15) is 8.42 Å². The van der Waals surface area contributed by atoms with Gasteiger partial charge >= 0.3 is 0 Å². The number of nitrogens with zero attached hydrogens (tertiary/aromatic N) is 1. The molecule has 3 N–H and O–H groups in total. The maximum Gasteiger partial charge on any atom is 0.280 e. The second kappa shape index (κ2) is 6.22. The van der Waals surface area contributed by atoms with E-state index < -0.39 is 15.7 Å². The highest BCUT2D eigenvalue weighted by Crippen LogP contribution is 2.22. The largest absolute Gasteiger partial charge is 0.328 e. The molecule has 1 aliphatic heterocycles. The average molecular weight is 297 g/mol. The minimum Gasteiger partial charge on any atom is -0.328 e. The van der Waals surface area contributed by atoms with Crippen LogP contribution < -0.4 is 10.5 Å². The van der Waals surface area contributed by atoms with Gasteiger partial charge < -0.3 is 5.73 Å². The number of benzene rings is 1. The summed E-state index contributed by atoms with van der Waals surface area (Å²) in [5.74, 6) is 0. The van der Waals surface area contributed by atoms with Crippen LogP contribution in [0.4, 0.5) is 0 Å². The van der Waals surface area contributed by atoms with E-state index >= 15 is 0 Å². The normalized spacial score (nSPS) is 20.5. The van der Waals surface area contributed by atoms with E-state index in [4.69, 9.17) is 5.73 Å². The van der Waals surface area contributed by atoms with E-state index in [2.05, 4.69) is 4.72 Å². The Labute approximate surface area is 121 Å².